The highest BCUT2D eigenvalue weighted by Gasteiger charge is 2.45. The third kappa shape index (κ3) is 1.46. The number of carboxylic acids is 1. The maximum absolute atomic E-state index is 10.9. The number of carbonyl (C=O) groups is 1. The quantitative estimate of drug-likeness (QED) is 0.674. The van der Waals surface area contributed by atoms with Crippen LogP contribution < -0.4 is 5.73 Å². The largest absolute Gasteiger partial charge is 0.480 e. The highest BCUT2D eigenvalue weighted by atomic mass is 16.4. The Balaban J connectivity index is 2.67. The van der Waals surface area contributed by atoms with E-state index in [2.05, 4.69) is 6.92 Å². The summed E-state index contributed by atoms with van der Waals surface area (Å²) in [5.41, 5.74) is 4.91. The zero-order chi connectivity index (χ0) is 9.19. The van der Waals surface area contributed by atoms with E-state index in [1.54, 1.807) is 0 Å². The molecule has 1 aliphatic carbocycles. The fourth-order valence-electron chi connectivity index (χ4n) is 2.13. The van der Waals surface area contributed by atoms with Crippen LogP contribution in [0.15, 0.2) is 0 Å². The maximum atomic E-state index is 10.9. The smallest absolute Gasteiger partial charge is 0.323 e. The second-order valence-electron chi connectivity index (χ2n) is 3.72. The van der Waals surface area contributed by atoms with E-state index in [4.69, 9.17) is 10.8 Å². The van der Waals surface area contributed by atoms with E-state index >= 15 is 0 Å². The first-order chi connectivity index (χ1) is 5.61. The lowest BCUT2D eigenvalue weighted by molar-refractivity contribution is -0.144. The molecule has 0 aliphatic heterocycles. The Morgan fingerprint density at radius 2 is 2.42 bits per heavy atom. The summed E-state index contributed by atoms with van der Waals surface area (Å²) in [4.78, 5) is 10.9. The monoisotopic (exact) mass is 171 g/mol. The molecule has 3 nitrogen and oxygen atoms in total. The van der Waals surface area contributed by atoms with Crippen LogP contribution in [0.2, 0.25) is 0 Å². The molecule has 0 saturated heterocycles. The summed E-state index contributed by atoms with van der Waals surface area (Å²) in [6.07, 6.45) is 4.57. The van der Waals surface area contributed by atoms with Gasteiger partial charge in [-0.15, -0.1) is 0 Å². The molecule has 3 N–H and O–H groups in total. The van der Waals surface area contributed by atoms with Gasteiger partial charge in [0, 0.05) is 0 Å². The van der Waals surface area contributed by atoms with Gasteiger partial charge in [0.1, 0.15) is 5.54 Å². The molecule has 0 bridgehead atoms. The van der Waals surface area contributed by atoms with Crippen LogP contribution >= 0.6 is 0 Å². The number of rotatable bonds is 3. The summed E-state index contributed by atoms with van der Waals surface area (Å²) in [7, 11) is 0. The minimum atomic E-state index is -0.921. The Bertz CT molecular complexity index is 181. The van der Waals surface area contributed by atoms with Crippen molar-refractivity contribution >= 4 is 5.97 Å². The van der Waals surface area contributed by atoms with Crippen molar-refractivity contribution in [2.45, 2.75) is 44.6 Å². The lowest BCUT2D eigenvalue weighted by atomic mass is 9.85. The molecule has 0 aromatic carbocycles. The molecule has 0 unspecified atom stereocenters. The van der Waals surface area contributed by atoms with Crippen LogP contribution in [0.1, 0.15) is 39.0 Å². The summed E-state index contributed by atoms with van der Waals surface area (Å²) in [6.45, 7) is 2.07. The third-order valence-corrected chi connectivity index (χ3v) is 2.91. The van der Waals surface area contributed by atoms with Crippen molar-refractivity contribution in [1.29, 1.82) is 0 Å². The lowest BCUT2D eigenvalue weighted by Gasteiger charge is -2.26. The summed E-state index contributed by atoms with van der Waals surface area (Å²) in [5, 5.41) is 8.94. The summed E-state index contributed by atoms with van der Waals surface area (Å²) in [6, 6.07) is 0. The van der Waals surface area contributed by atoms with Gasteiger partial charge in [-0.05, 0) is 25.2 Å². The van der Waals surface area contributed by atoms with Gasteiger partial charge in [-0.3, -0.25) is 4.79 Å². The van der Waals surface area contributed by atoms with Gasteiger partial charge in [-0.1, -0.05) is 19.8 Å². The summed E-state index contributed by atoms with van der Waals surface area (Å²) < 4.78 is 0. The molecular formula is C9H17NO2. The number of hydrogen-bond donors (Lipinski definition) is 2. The van der Waals surface area contributed by atoms with Crippen LogP contribution in [0.3, 0.4) is 0 Å². The third-order valence-electron chi connectivity index (χ3n) is 2.91. The van der Waals surface area contributed by atoms with E-state index in [0.717, 1.165) is 25.7 Å². The predicted octanol–water partition coefficient (Wildman–Crippen LogP) is 1.37. The topological polar surface area (TPSA) is 63.3 Å². The summed E-state index contributed by atoms with van der Waals surface area (Å²) >= 11 is 0. The molecule has 0 spiro atoms. The van der Waals surface area contributed by atoms with Gasteiger partial charge in [0.25, 0.3) is 0 Å². The number of nitrogens with two attached hydrogens (primary N) is 1. The molecule has 0 radical (unpaired) electrons. The van der Waals surface area contributed by atoms with Gasteiger partial charge >= 0.3 is 5.97 Å². The highest BCUT2D eigenvalue weighted by Crippen LogP contribution is 2.36. The zero-order valence-electron chi connectivity index (χ0n) is 7.55. The first-order valence-electron chi connectivity index (χ1n) is 4.63. The van der Waals surface area contributed by atoms with E-state index in [1.807, 2.05) is 0 Å². The minimum absolute atomic E-state index is 0.194. The molecule has 12 heavy (non-hydrogen) atoms. The Hall–Kier alpha value is -0.570. The molecule has 70 valence electrons. The Kier molecular flexibility index (Phi) is 2.73. The molecule has 2 atom stereocenters. The van der Waals surface area contributed by atoms with Crippen molar-refractivity contribution in [2.75, 3.05) is 0 Å². The molecule has 1 fully saturated rings. The zero-order valence-corrected chi connectivity index (χ0v) is 7.55. The van der Waals surface area contributed by atoms with Crippen LogP contribution in [0.5, 0.6) is 0 Å². The van der Waals surface area contributed by atoms with Gasteiger partial charge in [0.2, 0.25) is 0 Å². The van der Waals surface area contributed by atoms with Crippen molar-refractivity contribution in [3.05, 3.63) is 0 Å². The van der Waals surface area contributed by atoms with Crippen LogP contribution in [0.4, 0.5) is 0 Å². The Morgan fingerprint density at radius 3 is 2.92 bits per heavy atom. The number of carboxylic acid groups (broad SMARTS) is 1. The standard InChI is InChI=1S/C9H17NO2/c1-2-4-7-5-3-6-9(7,10)8(11)12/h7H,2-6,10H2,1H3,(H,11,12)/t7-,9+/m0/s1. The molecular weight excluding hydrogens is 154 g/mol. The Morgan fingerprint density at radius 1 is 1.75 bits per heavy atom. The Labute approximate surface area is 72.9 Å². The van der Waals surface area contributed by atoms with Crippen molar-refractivity contribution in [3.63, 3.8) is 0 Å². The molecule has 0 amide bonds. The molecule has 3 heteroatoms. The van der Waals surface area contributed by atoms with E-state index in [0.29, 0.717) is 6.42 Å². The van der Waals surface area contributed by atoms with Crippen LogP contribution in [-0.2, 0) is 4.79 Å². The van der Waals surface area contributed by atoms with Gasteiger partial charge in [-0.2, -0.15) is 0 Å². The van der Waals surface area contributed by atoms with Crippen molar-refractivity contribution < 1.29 is 9.90 Å². The normalized spacial score (nSPS) is 35.3. The molecule has 0 aromatic rings. The van der Waals surface area contributed by atoms with E-state index in [-0.39, 0.29) is 5.92 Å². The van der Waals surface area contributed by atoms with Crippen LogP contribution in [0.25, 0.3) is 0 Å². The SMILES string of the molecule is CCC[C@H]1CCC[C@]1(N)C(=O)O. The van der Waals surface area contributed by atoms with Crippen molar-refractivity contribution in [1.82, 2.24) is 0 Å². The van der Waals surface area contributed by atoms with Crippen molar-refractivity contribution in [3.8, 4) is 0 Å². The second kappa shape index (κ2) is 3.44. The lowest BCUT2D eigenvalue weighted by Crippen LogP contribution is -2.50. The van der Waals surface area contributed by atoms with Crippen LogP contribution in [0, 0.1) is 5.92 Å². The fourth-order valence-corrected chi connectivity index (χ4v) is 2.13. The van der Waals surface area contributed by atoms with Crippen LogP contribution in [-0.4, -0.2) is 16.6 Å². The highest BCUT2D eigenvalue weighted by molar-refractivity contribution is 5.79. The first kappa shape index (κ1) is 9.52. The van der Waals surface area contributed by atoms with E-state index < -0.39 is 11.5 Å². The number of aliphatic carboxylic acids is 1. The fraction of sp³-hybridized carbons (Fsp3) is 0.889. The predicted molar refractivity (Wildman–Crippen MR) is 46.8 cm³/mol. The average molecular weight is 171 g/mol. The summed E-state index contributed by atoms with van der Waals surface area (Å²) in [5.74, 6) is -0.626. The molecule has 1 aliphatic rings. The molecule has 1 saturated carbocycles. The first-order valence-corrected chi connectivity index (χ1v) is 4.63. The molecule has 0 heterocycles. The van der Waals surface area contributed by atoms with Crippen molar-refractivity contribution in [2.24, 2.45) is 11.7 Å². The van der Waals surface area contributed by atoms with E-state index in [1.165, 1.54) is 0 Å². The second-order valence-corrected chi connectivity index (χ2v) is 3.72. The van der Waals surface area contributed by atoms with Gasteiger partial charge in [-0.25, -0.2) is 0 Å². The molecule has 1 rings (SSSR count). The molecule has 0 aromatic heterocycles. The van der Waals surface area contributed by atoms with Gasteiger partial charge in [0.05, 0.1) is 0 Å². The maximum Gasteiger partial charge on any atom is 0.323 e. The van der Waals surface area contributed by atoms with Gasteiger partial charge in [0.15, 0.2) is 0 Å². The van der Waals surface area contributed by atoms with Gasteiger partial charge < -0.3 is 10.8 Å². The average Bonchev–Trinajstić information content (AvgIpc) is 2.35. The minimum Gasteiger partial charge on any atom is -0.480 e. The number of hydrogen-bond acceptors (Lipinski definition) is 2. The van der Waals surface area contributed by atoms with E-state index in [9.17, 15) is 4.79 Å².